The van der Waals surface area contributed by atoms with Crippen molar-refractivity contribution in [1.29, 1.82) is 0 Å². The molecule has 5 rings (SSSR count). The highest BCUT2D eigenvalue weighted by atomic mass is 16.5. The van der Waals surface area contributed by atoms with Crippen LogP contribution in [0.25, 0.3) is 11.3 Å². The van der Waals surface area contributed by atoms with Crippen LogP contribution in [0, 0.1) is 13.8 Å². The third-order valence-electron chi connectivity index (χ3n) is 6.71. The van der Waals surface area contributed by atoms with Crippen molar-refractivity contribution < 1.29 is 19.4 Å². The quantitative estimate of drug-likeness (QED) is 0.249. The number of phenols is 1. The van der Waals surface area contributed by atoms with Gasteiger partial charge in [-0.25, -0.2) is 0 Å². The molecule has 38 heavy (non-hydrogen) atoms. The number of fused-ring (bicyclic) bond motifs is 1. The van der Waals surface area contributed by atoms with E-state index in [4.69, 9.17) is 9.47 Å². The van der Waals surface area contributed by atoms with E-state index >= 15 is 0 Å². The van der Waals surface area contributed by atoms with E-state index < -0.39 is 6.04 Å². The van der Waals surface area contributed by atoms with Crippen LogP contribution in [0.5, 0.6) is 17.2 Å². The molecule has 0 radical (unpaired) electrons. The number of aromatic nitrogens is 2. The van der Waals surface area contributed by atoms with E-state index in [2.05, 4.69) is 10.2 Å². The number of phenolic OH excluding ortho intramolecular Hbond substituents is 1. The zero-order valence-electron chi connectivity index (χ0n) is 22.2. The van der Waals surface area contributed by atoms with Crippen molar-refractivity contribution in [3.8, 4) is 28.5 Å². The first-order valence-corrected chi connectivity index (χ1v) is 13.0. The van der Waals surface area contributed by atoms with Gasteiger partial charge in [0.2, 0.25) is 0 Å². The summed E-state index contributed by atoms with van der Waals surface area (Å²) < 4.78 is 11.9. The first kappa shape index (κ1) is 25.5. The minimum Gasteiger partial charge on any atom is -0.507 e. The van der Waals surface area contributed by atoms with E-state index in [1.807, 2.05) is 99.3 Å². The van der Waals surface area contributed by atoms with Gasteiger partial charge in [0.05, 0.1) is 12.1 Å². The highest BCUT2D eigenvalue weighted by Crippen LogP contribution is 2.46. The first-order chi connectivity index (χ1) is 18.3. The lowest BCUT2D eigenvalue weighted by molar-refractivity contribution is 0.0601. The molecular formula is C31H33N3O4. The molecule has 0 aliphatic carbocycles. The number of hydrogen-bond donors (Lipinski definition) is 2. The predicted molar refractivity (Wildman–Crippen MR) is 147 cm³/mol. The number of carbonyl (C=O) groups is 1. The number of para-hydroxylation sites is 1. The summed E-state index contributed by atoms with van der Waals surface area (Å²) in [5.74, 6) is 1.46. The average molecular weight is 512 g/mol. The van der Waals surface area contributed by atoms with E-state index in [0.29, 0.717) is 42.3 Å². The SMILES string of the molecule is Cc1cc(C)c(O)c(-c2n[nH]c3c2C(c2cccc(Oc4ccccc4)c2)N(CCCOC(C)C)C3=O)c1. The number of H-pyrrole nitrogens is 1. The number of aromatic hydroxyl groups is 1. The summed E-state index contributed by atoms with van der Waals surface area (Å²) in [4.78, 5) is 15.5. The molecule has 1 unspecified atom stereocenters. The number of carbonyl (C=O) groups excluding carboxylic acids is 1. The van der Waals surface area contributed by atoms with Crippen LogP contribution in [0.15, 0.2) is 66.7 Å². The number of nitrogens with one attached hydrogen (secondary N) is 1. The molecule has 1 aliphatic heterocycles. The Morgan fingerprint density at radius 3 is 2.55 bits per heavy atom. The fourth-order valence-corrected chi connectivity index (χ4v) is 5.05. The molecule has 1 amide bonds. The second-order valence-corrected chi connectivity index (χ2v) is 10.0. The van der Waals surface area contributed by atoms with Crippen LogP contribution >= 0.6 is 0 Å². The maximum Gasteiger partial charge on any atom is 0.273 e. The third-order valence-corrected chi connectivity index (χ3v) is 6.71. The molecule has 1 aliphatic rings. The van der Waals surface area contributed by atoms with Crippen molar-refractivity contribution in [2.24, 2.45) is 0 Å². The summed E-state index contributed by atoms with van der Waals surface area (Å²) in [5, 5.41) is 18.5. The first-order valence-electron chi connectivity index (χ1n) is 13.0. The molecule has 2 N–H and O–H groups in total. The Morgan fingerprint density at radius 2 is 1.79 bits per heavy atom. The lowest BCUT2D eigenvalue weighted by atomic mass is 9.94. The summed E-state index contributed by atoms with van der Waals surface area (Å²) >= 11 is 0. The van der Waals surface area contributed by atoms with E-state index in [9.17, 15) is 9.90 Å². The van der Waals surface area contributed by atoms with Crippen LogP contribution in [0.4, 0.5) is 0 Å². The lowest BCUT2D eigenvalue weighted by Gasteiger charge is -2.27. The molecule has 0 saturated carbocycles. The second-order valence-electron chi connectivity index (χ2n) is 10.0. The molecule has 4 aromatic rings. The van der Waals surface area contributed by atoms with Crippen LogP contribution in [0.3, 0.4) is 0 Å². The van der Waals surface area contributed by atoms with Gasteiger partial charge in [0.15, 0.2) is 0 Å². The number of benzene rings is 3. The van der Waals surface area contributed by atoms with E-state index in [1.165, 1.54) is 0 Å². The lowest BCUT2D eigenvalue weighted by Crippen LogP contribution is -2.31. The van der Waals surface area contributed by atoms with Gasteiger partial charge in [-0.1, -0.05) is 36.4 Å². The fraction of sp³-hybridized carbons (Fsp3) is 0.290. The highest BCUT2D eigenvalue weighted by molar-refractivity contribution is 6.00. The molecule has 0 fully saturated rings. The van der Waals surface area contributed by atoms with Crippen LogP contribution in [-0.2, 0) is 4.74 Å². The molecule has 0 bridgehead atoms. The van der Waals surface area contributed by atoms with Crippen molar-refractivity contribution in [1.82, 2.24) is 15.1 Å². The van der Waals surface area contributed by atoms with Crippen molar-refractivity contribution in [3.05, 3.63) is 94.7 Å². The number of ether oxygens (including phenoxy) is 2. The Kier molecular flexibility index (Phi) is 7.20. The summed E-state index contributed by atoms with van der Waals surface area (Å²) in [6.45, 7) is 8.93. The Morgan fingerprint density at radius 1 is 1.03 bits per heavy atom. The maximum absolute atomic E-state index is 13.7. The maximum atomic E-state index is 13.7. The van der Waals surface area contributed by atoms with Gasteiger partial charge in [0.25, 0.3) is 5.91 Å². The smallest absolute Gasteiger partial charge is 0.273 e. The van der Waals surface area contributed by atoms with Gasteiger partial charge in [-0.2, -0.15) is 5.10 Å². The normalized spacial score (nSPS) is 14.8. The molecule has 0 saturated heterocycles. The number of amides is 1. The van der Waals surface area contributed by atoms with Crippen molar-refractivity contribution in [2.45, 2.75) is 46.3 Å². The average Bonchev–Trinajstić information content (AvgIpc) is 3.43. The standard InChI is InChI=1S/C31H33N3O4/c1-19(2)37-15-9-14-34-29(22-10-8-13-24(18-22)38-23-11-6-5-7-12-23)26-27(32-33-28(26)31(34)36)25-17-20(3)16-21(4)30(25)35/h5-8,10-13,16-19,29,35H,9,14-15H2,1-4H3,(H,32,33). The largest absolute Gasteiger partial charge is 0.507 e. The molecule has 0 spiro atoms. The molecule has 196 valence electrons. The second kappa shape index (κ2) is 10.7. The van der Waals surface area contributed by atoms with E-state index in [1.54, 1.807) is 0 Å². The predicted octanol–water partition coefficient (Wildman–Crippen LogP) is 6.55. The van der Waals surface area contributed by atoms with Crippen molar-refractivity contribution in [3.63, 3.8) is 0 Å². The Labute approximate surface area is 223 Å². The van der Waals surface area contributed by atoms with E-state index in [-0.39, 0.29) is 17.8 Å². The summed E-state index contributed by atoms with van der Waals surface area (Å²) in [5.41, 5.74) is 5.08. The van der Waals surface area contributed by atoms with Gasteiger partial charge in [-0.05, 0) is 81.1 Å². The minimum atomic E-state index is -0.398. The molecule has 3 aromatic carbocycles. The van der Waals surface area contributed by atoms with Crippen LogP contribution in [-0.4, -0.2) is 45.4 Å². The minimum absolute atomic E-state index is 0.119. The molecular weight excluding hydrogens is 478 g/mol. The Balaban J connectivity index is 1.57. The Bertz CT molecular complexity index is 1450. The summed E-state index contributed by atoms with van der Waals surface area (Å²) in [6.07, 6.45) is 0.825. The molecule has 1 atom stereocenters. The Hall–Kier alpha value is -4.10. The topological polar surface area (TPSA) is 87.7 Å². The van der Waals surface area contributed by atoms with Gasteiger partial charge >= 0.3 is 0 Å². The number of aryl methyl sites for hydroxylation is 2. The summed E-state index contributed by atoms with van der Waals surface area (Å²) in [7, 11) is 0. The molecule has 1 aromatic heterocycles. The highest BCUT2D eigenvalue weighted by Gasteiger charge is 2.42. The zero-order chi connectivity index (χ0) is 26.8. The number of nitrogens with zero attached hydrogens (tertiary/aromatic N) is 2. The summed E-state index contributed by atoms with van der Waals surface area (Å²) in [6, 6.07) is 20.9. The monoisotopic (exact) mass is 511 g/mol. The van der Waals surface area contributed by atoms with Gasteiger partial charge in [-0.15, -0.1) is 0 Å². The zero-order valence-corrected chi connectivity index (χ0v) is 22.2. The van der Waals surface area contributed by atoms with Gasteiger partial charge in [-0.3, -0.25) is 9.89 Å². The van der Waals surface area contributed by atoms with Crippen LogP contribution < -0.4 is 4.74 Å². The fourth-order valence-electron chi connectivity index (χ4n) is 5.05. The van der Waals surface area contributed by atoms with Gasteiger partial charge in [0, 0.05) is 24.3 Å². The van der Waals surface area contributed by atoms with Gasteiger partial charge in [0.1, 0.15) is 28.6 Å². The number of aromatic amines is 1. The molecule has 7 heteroatoms. The molecule has 7 nitrogen and oxygen atoms in total. The molecule has 2 heterocycles. The van der Waals surface area contributed by atoms with Gasteiger partial charge < -0.3 is 19.5 Å². The number of hydrogen-bond acceptors (Lipinski definition) is 5. The van der Waals surface area contributed by atoms with Crippen LogP contribution in [0.1, 0.15) is 59.1 Å². The van der Waals surface area contributed by atoms with Crippen molar-refractivity contribution in [2.75, 3.05) is 13.2 Å². The van der Waals surface area contributed by atoms with E-state index in [0.717, 1.165) is 28.0 Å². The van der Waals surface area contributed by atoms with Crippen LogP contribution in [0.2, 0.25) is 0 Å². The third kappa shape index (κ3) is 5.02. The van der Waals surface area contributed by atoms with Crippen molar-refractivity contribution >= 4 is 5.91 Å². The number of rotatable bonds is 9.